The molecule has 6 nitrogen and oxygen atoms in total. The molecule has 136 valence electrons. The van der Waals surface area contributed by atoms with Gasteiger partial charge in [0.05, 0.1) is 12.7 Å². The van der Waals surface area contributed by atoms with E-state index in [1.54, 1.807) is 0 Å². The first-order chi connectivity index (χ1) is 10.9. The lowest BCUT2D eigenvalue weighted by Crippen LogP contribution is -2.39. The lowest BCUT2D eigenvalue weighted by Gasteiger charge is -2.16. The van der Waals surface area contributed by atoms with Gasteiger partial charge in [0, 0.05) is 33.4 Å². The summed E-state index contributed by atoms with van der Waals surface area (Å²) in [5.41, 5.74) is 0. The Kier molecular flexibility index (Phi) is 12.0. The summed E-state index contributed by atoms with van der Waals surface area (Å²) in [6.45, 7) is 8.00. The average Bonchev–Trinajstić information content (AvgIpc) is 3.22. The first-order valence-electron chi connectivity index (χ1n) is 8.74. The summed E-state index contributed by atoms with van der Waals surface area (Å²) in [6, 6.07) is 0. The molecule has 2 rings (SSSR count). The van der Waals surface area contributed by atoms with Gasteiger partial charge >= 0.3 is 0 Å². The Hall–Kier alpha value is -0.120. The molecule has 0 amide bonds. The number of hydrogen-bond acceptors (Lipinski definition) is 4. The van der Waals surface area contributed by atoms with Crippen LogP contribution < -0.4 is 10.6 Å². The van der Waals surface area contributed by atoms with Crippen LogP contribution in [-0.4, -0.2) is 76.6 Å². The van der Waals surface area contributed by atoms with Gasteiger partial charge in [-0.15, -0.1) is 24.0 Å². The van der Waals surface area contributed by atoms with Crippen LogP contribution in [0.15, 0.2) is 4.99 Å². The van der Waals surface area contributed by atoms with Crippen LogP contribution in [0.2, 0.25) is 0 Å². The highest BCUT2D eigenvalue weighted by atomic mass is 127. The van der Waals surface area contributed by atoms with Crippen LogP contribution in [0.3, 0.4) is 0 Å². The fraction of sp³-hybridized carbons (Fsp3) is 0.938. The van der Waals surface area contributed by atoms with Crippen LogP contribution in [0.4, 0.5) is 0 Å². The lowest BCUT2D eigenvalue weighted by atomic mass is 10.3. The van der Waals surface area contributed by atoms with Crippen molar-refractivity contribution >= 4 is 29.9 Å². The van der Waals surface area contributed by atoms with Gasteiger partial charge in [-0.3, -0.25) is 4.99 Å². The fourth-order valence-electron chi connectivity index (χ4n) is 2.91. The summed E-state index contributed by atoms with van der Waals surface area (Å²) in [5.74, 6) is 0.894. The summed E-state index contributed by atoms with van der Waals surface area (Å²) in [7, 11) is 1.82. The van der Waals surface area contributed by atoms with Crippen molar-refractivity contribution in [2.24, 2.45) is 4.99 Å². The molecule has 7 heteroatoms. The van der Waals surface area contributed by atoms with E-state index in [2.05, 4.69) is 20.5 Å². The average molecular weight is 440 g/mol. The number of rotatable bonds is 9. The highest BCUT2D eigenvalue weighted by molar-refractivity contribution is 14.0. The minimum absolute atomic E-state index is 0. The number of nitrogens with one attached hydrogen (secondary N) is 2. The quantitative estimate of drug-likeness (QED) is 0.246. The second kappa shape index (κ2) is 13.2. The van der Waals surface area contributed by atoms with Crippen LogP contribution in [0.5, 0.6) is 0 Å². The monoisotopic (exact) mass is 440 g/mol. The Labute approximate surface area is 157 Å². The zero-order valence-corrected chi connectivity index (χ0v) is 16.7. The Morgan fingerprint density at radius 3 is 2.61 bits per heavy atom. The molecule has 0 bridgehead atoms. The van der Waals surface area contributed by atoms with Gasteiger partial charge in [-0.2, -0.15) is 0 Å². The molecular weight excluding hydrogens is 407 g/mol. The van der Waals surface area contributed by atoms with E-state index in [4.69, 9.17) is 9.47 Å². The van der Waals surface area contributed by atoms with E-state index in [0.29, 0.717) is 6.10 Å². The number of halogens is 1. The molecule has 0 saturated carbocycles. The van der Waals surface area contributed by atoms with Gasteiger partial charge in [0.15, 0.2) is 5.96 Å². The topological polar surface area (TPSA) is 58.1 Å². The van der Waals surface area contributed by atoms with Gasteiger partial charge in [0.1, 0.15) is 0 Å². The molecule has 2 aliphatic heterocycles. The van der Waals surface area contributed by atoms with E-state index in [1.807, 2.05) is 7.05 Å². The van der Waals surface area contributed by atoms with Crippen LogP contribution in [0.1, 0.15) is 32.1 Å². The summed E-state index contributed by atoms with van der Waals surface area (Å²) in [6.07, 6.45) is 6.24. The Balaban J connectivity index is 0.00000264. The van der Waals surface area contributed by atoms with Gasteiger partial charge in [0.25, 0.3) is 0 Å². The highest BCUT2D eigenvalue weighted by Gasteiger charge is 2.15. The molecule has 0 aromatic rings. The normalized spacial score (nSPS) is 22.1. The van der Waals surface area contributed by atoms with Crippen molar-refractivity contribution in [2.75, 3.05) is 59.6 Å². The Morgan fingerprint density at radius 2 is 1.96 bits per heavy atom. The number of hydrogen-bond donors (Lipinski definition) is 2. The lowest BCUT2D eigenvalue weighted by molar-refractivity contribution is 0.0420. The predicted molar refractivity (Wildman–Crippen MR) is 105 cm³/mol. The molecule has 0 spiro atoms. The Bertz CT molecular complexity index is 319. The molecule has 2 saturated heterocycles. The fourth-order valence-corrected chi connectivity index (χ4v) is 2.91. The molecule has 0 aromatic carbocycles. The van der Waals surface area contributed by atoms with Crippen molar-refractivity contribution in [3.63, 3.8) is 0 Å². The van der Waals surface area contributed by atoms with Crippen molar-refractivity contribution < 1.29 is 9.47 Å². The SMILES string of the molecule is CN=C(NCCCOC1CCOC1)NCCCN1CCCC1.I. The van der Waals surface area contributed by atoms with E-state index >= 15 is 0 Å². The number of guanidine groups is 1. The second-order valence-corrected chi connectivity index (χ2v) is 6.04. The third-order valence-corrected chi connectivity index (χ3v) is 4.22. The molecule has 1 unspecified atom stereocenters. The standard InChI is InChI=1S/C16H32N4O2.HI/c1-17-16(18-7-4-11-20-9-2-3-10-20)19-8-5-12-22-15-6-13-21-14-15;/h15H,2-14H2,1H3,(H2,17,18,19);1H. The van der Waals surface area contributed by atoms with E-state index in [-0.39, 0.29) is 24.0 Å². The predicted octanol–water partition coefficient (Wildman–Crippen LogP) is 1.45. The molecule has 2 heterocycles. The number of nitrogens with zero attached hydrogens (tertiary/aromatic N) is 2. The maximum absolute atomic E-state index is 5.74. The van der Waals surface area contributed by atoms with Gasteiger partial charge in [-0.05, 0) is 51.7 Å². The Morgan fingerprint density at radius 1 is 1.22 bits per heavy atom. The number of aliphatic imine (C=N–C) groups is 1. The van der Waals surface area contributed by atoms with E-state index in [1.165, 1.54) is 38.9 Å². The van der Waals surface area contributed by atoms with Crippen LogP contribution >= 0.6 is 24.0 Å². The first kappa shape index (κ1) is 20.9. The molecule has 0 aromatic heterocycles. The van der Waals surface area contributed by atoms with E-state index in [0.717, 1.165) is 51.7 Å². The summed E-state index contributed by atoms with van der Waals surface area (Å²) in [4.78, 5) is 6.80. The minimum atomic E-state index is 0. The summed E-state index contributed by atoms with van der Waals surface area (Å²) in [5, 5.41) is 6.71. The maximum Gasteiger partial charge on any atom is 0.190 e. The van der Waals surface area contributed by atoms with Crippen molar-refractivity contribution in [3.05, 3.63) is 0 Å². The molecule has 0 radical (unpaired) electrons. The van der Waals surface area contributed by atoms with Gasteiger partial charge < -0.3 is 25.0 Å². The largest absolute Gasteiger partial charge is 0.379 e. The summed E-state index contributed by atoms with van der Waals surface area (Å²) < 4.78 is 11.0. The van der Waals surface area contributed by atoms with E-state index < -0.39 is 0 Å². The molecule has 2 aliphatic rings. The minimum Gasteiger partial charge on any atom is -0.379 e. The highest BCUT2D eigenvalue weighted by Crippen LogP contribution is 2.08. The molecular formula is C16H33IN4O2. The van der Waals surface area contributed by atoms with Gasteiger partial charge in [-0.1, -0.05) is 0 Å². The second-order valence-electron chi connectivity index (χ2n) is 6.04. The molecule has 23 heavy (non-hydrogen) atoms. The van der Waals surface area contributed by atoms with Crippen molar-refractivity contribution in [3.8, 4) is 0 Å². The first-order valence-corrected chi connectivity index (χ1v) is 8.74. The third kappa shape index (κ3) is 9.07. The number of likely N-dealkylation sites (tertiary alicyclic amines) is 1. The smallest absolute Gasteiger partial charge is 0.190 e. The van der Waals surface area contributed by atoms with Crippen LogP contribution in [0, 0.1) is 0 Å². The van der Waals surface area contributed by atoms with Crippen molar-refractivity contribution in [1.29, 1.82) is 0 Å². The molecule has 0 aliphatic carbocycles. The molecule has 2 N–H and O–H groups in total. The summed E-state index contributed by atoms with van der Waals surface area (Å²) >= 11 is 0. The maximum atomic E-state index is 5.74. The van der Waals surface area contributed by atoms with Gasteiger partial charge in [-0.25, -0.2) is 0 Å². The molecule has 2 fully saturated rings. The van der Waals surface area contributed by atoms with E-state index in [9.17, 15) is 0 Å². The zero-order chi connectivity index (χ0) is 15.5. The molecule has 1 atom stereocenters. The van der Waals surface area contributed by atoms with Crippen molar-refractivity contribution in [2.45, 2.75) is 38.2 Å². The van der Waals surface area contributed by atoms with Crippen LogP contribution in [0.25, 0.3) is 0 Å². The van der Waals surface area contributed by atoms with Gasteiger partial charge in [0.2, 0.25) is 0 Å². The van der Waals surface area contributed by atoms with Crippen LogP contribution in [-0.2, 0) is 9.47 Å². The zero-order valence-electron chi connectivity index (χ0n) is 14.4. The third-order valence-electron chi connectivity index (χ3n) is 4.22. The van der Waals surface area contributed by atoms with Crippen molar-refractivity contribution in [1.82, 2.24) is 15.5 Å². The number of ether oxygens (including phenoxy) is 2.